The maximum Gasteiger partial charge on any atom is 0.300 e. The van der Waals surface area contributed by atoms with Gasteiger partial charge in [-0.05, 0) is 33.0 Å². The number of likely N-dealkylation sites (N-methyl/N-ethyl adjacent to an activating group) is 2. The van der Waals surface area contributed by atoms with Crippen molar-refractivity contribution in [1.29, 1.82) is 0 Å². The van der Waals surface area contributed by atoms with Crippen LogP contribution in [0.4, 0.5) is 0 Å². The van der Waals surface area contributed by atoms with Crippen molar-refractivity contribution in [1.82, 2.24) is 15.2 Å². The molecule has 0 aliphatic rings. The molecule has 0 bridgehead atoms. The first-order chi connectivity index (χ1) is 9.51. The van der Waals surface area contributed by atoms with Gasteiger partial charge in [0.2, 0.25) is 5.91 Å². The Balaban J connectivity index is 2.54. The lowest BCUT2D eigenvalue weighted by Crippen LogP contribution is -2.38. The van der Waals surface area contributed by atoms with Gasteiger partial charge < -0.3 is 9.32 Å². The molecule has 1 aromatic rings. The highest BCUT2D eigenvalue weighted by Gasteiger charge is 2.15. The summed E-state index contributed by atoms with van der Waals surface area (Å²) in [6, 6.07) is 3.25. The van der Waals surface area contributed by atoms with Gasteiger partial charge in [-0.15, -0.1) is 0 Å². The molecular weight excluding hydrogens is 260 g/mol. The second kappa shape index (κ2) is 7.66. The first kappa shape index (κ1) is 16.2. The van der Waals surface area contributed by atoms with E-state index in [-0.39, 0.29) is 11.7 Å². The van der Waals surface area contributed by atoms with Crippen LogP contribution in [0.3, 0.4) is 0 Å². The zero-order valence-corrected chi connectivity index (χ0v) is 12.2. The van der Waals surface area contributed by atoms with Gasteiger partial charge in [0.1, 0.15) is 5.76 Å². The number of carbonyl (C=O) groups excluding carboxylic acids is 2. The Hall–Kier alpha value is -1.86. The first-order valence-corrected chi connectivity index (χ1v) is 6.57. The van der Waals surface area contributed by atoms with Crippen molar-refractivity contribution < 1.29 is 14.0 Å². The Bertz CT molecular complexity index is 454. The van der Waals surface area contributed by atoms with Gasteiger partial charge in [-0.3, -0.25) is 19.9 Å². The molecule has 1 rings (SSSR count). The number of hydrogen-bond acceptors (Lipinski definition) is 5. The molecule has 1 heterocycles. The highest BCUT2D eigenvalue weighted by molar-refractivity contribution is 5.90. The van der Waals surface area contributed by atoms with Crippen molar-refractivity contribution in [3.05, 3.63) is 23.7 Å². The van der Waals surface area contributed by atoms with E-state index < -0.39 is 5.91 Å². The first-order valence-electron chi connectivity index (χ1n) is 6.57. The van der Waals surface area contributed by atoms with Crippen LogP contribution in [0.15, 0.2) is 16.5 Å². The third-order valence-corrected chi connectivity index (χ3v) is 2.96. The standard InChI is InChI=1S/C13H22N4O3/c1-4-17(5-2)12(18)9-16(3)8-10-6-7-11(20-10)13(19)15-14/h6-7H,4-5,8-9,14H2,1-3H3,(H,15,19). The summed E-state index contributed by atoms with van der Waals surface area (Å²) in [5.74, 6) is 5.39. The zero-order valence-electron chi connectivity index (χ0n) is 12.2. The minimum Gasteiger partial charge on any atom is -0.455 e. The van der Waals surface area contributed by atoms with Gasteiger partial charge in [0, 0.05) is 13.1 Å². The Morgan fingerprint density at radius 3 is 2.50 bits per heavy atom. The number of furan rings is 1. The van der Waals surface area contributed by atoms with Crippen LogP contribution in [-0.2, 0) is 11.3 Å². The number of nitrogens with two attached hydrogens (primary N) is 1. The van der Waals surface area contributed by atoms with E-state index in [1.165, 1.54) is 0 Å². The molecule has 0 saturated heterocycles. The van der Waals surface area contributed by atoms with E-state index in [1.807, 2.05) is 31.2 Å². The monoisotopic (exact) mass is 282 g/mol. The molecule has 0 atom stereocenters. The molecule has 0 fully saturated rings. The summed E-state index contributed by atoms with van der Waals surface area (Å²) in [5, 5.41) is 0. The predicted molar refractivity (Wildman–Crippen MR) is 74.6 cm³/mol. The van der Waals surface area contributed by atoms with Crippen molar-refractivity contribution in [2.75, 3.05) is 26.7 Å². The molecule has 20 heavy (non-hydrogen) atoms. The summed E-state index contributed by atoms with van der Waals surface area (Å²) < 4.78 is 5.34. The van der Waals surface area contributed by atoms with E-state index >= 15 is 0 Å². The fourth-order valence-corrected chi connectivity index (χ4v) is 1.89. The van der Waals surface area contributed by atoms with E-state index in [0.29, 0.717) is 31.9 Å². The Kier molecular flexibility index (Phi) is 6.20. The summed E-state index contributed by atoms with van der Waals surface area (Å²) >= 11 is 0. The molecule has 0 spiro atoms. The number of rotatable bonds is 7. The van der Waals surface area contributed by atoms with E-state index in [9.17, 15) is 9.59 Å². The summed E-state index contributed by atoms with van der Waals surface area (Å²) in [5.41, 5.74) is 2.00. The minimum atomic E-state index is -0.474. The SMILES string of the molecule is CCN(CC)C(=O)CN(C)Cc1ccc(C(=O)NN)o1. The van der Waals surface area contributed by atoms with Crippen LogP contribution in [0.25, 0.3) is 0 Å². The summed E-state index contributed by atoms with van der Waals surface area (Å²) in [4.78, 5) is 26.8. The summed E-state index contributed by atoms with van der Waals surface area (Å²) in [6.07, 6.45) is 0. The van der Waals surface area contributed by atoms with Crippen molar-refractivity contribution >= 4 is 11.8 Å². The van der Waals surface area contributed by atoms with Crippen molar-refractivity contribution in [2.45, 2.75) is 20.4 Å². The van der Waals surface area contributed by atoms with Crippen LogP contribution in [0.2, 0.25) is 0 Å². The van der Waals surface area contributed by atoms with E-state index in [0.717, 1.165) is 0 Å². The Morgan fingerprint density at radius 1 is 1.30 bits per heavy atom. The van der Waals surface area contributed by atoms with Gasteiger partial charge in [-0.1, -0.05) is 0 Å². The molecule has 0 aliphatic carbocycles. The lowest BCUT2D eigenvalue weighted by Gasteiger charge is -2.22. The molecule has 112 valence electrons. The quantitative estimate of drug-likeness (QED) is 0.423. The molecule has 2 amide bonds. The highest BCUT2D eigenvalue weighted by atomic mass is 16.4. The number of carbonyl (C=O) groups is 2. The summed E-state index contributed by atoms with van der Waals surface area (Å²) in [6.45, 7) is 6.05. The number of amides is 2. The lowest BCUT2D eigenvalue weighted by molar-refractivity contribution is -0.131. The second-order valence-electron chi connectivity index (χ2n) is 4.48. The number of nitrogen functional groups attached to an aromatic ring is 1. The molecule has 0 radical (unpaired) electrons. The predicted octanol–water partition coefficient (Wildman–Crippen LogP) is 0.183. The van der Waals surface area contributed by atoms with E-state index in [2.05, 4.69) is 0 Å². The van der Waals surface area contributed by atoms with Crippen LogP contribution in [0.1, 0.15) is 30.2 Å². The van der Waals surface area contributed by atoms with Gasteiger partial charge in [0.15, 0.2) is 5.76 Å². The molecule has 3 N–H and O–H groups in total. The molecular formula is C13H22N4O3. The molecule has 7 nitrogen and oxygen atoms in total. The number of hydrazine groups is 1. The average Bonchev–Trinajstić information content (AvgIpc) is 2.87. The molecule has 0 aromatic carbocycles. The highest BCUT2D eigenvalue weighted by Crippen LogP contribution is 2.10. The largest absolute Gasteiger partial charge is 0.455 e. The van der Waals surface area contributed by atoms with Gasteiger partial charge in [-0.2, -0.15) is 0 Å². The maximum absolute atomic E-state index is 11.9. The van der Waals surface area contributed by atoms with Crippen molar-refractivity contribution in [3.63, 3.8) is 0 Å². The Labute approximate surface area is 118 Å². The van der Waals surface area contributed by atoms with Crippen LogP contribution in [0.5, 0.6) is 0 Å². The van der Waals surface area contributed by atoms with Gasteiger partial charge >= 0.3 is 5.91 Å². The third kappa shape index (κ3) is 4.36. The van der Waals surface area contributed by atoms with E-state index in [4.69, 9.17) is 10.3 Å². The van der Waals surface area contributed by atoms with Crippen LogP contribution in [0, 0.1) is 0 Å². The van der Waals surface area contributed by atoms with E-state index in [1.54, 1.807) is 17.0 Å². The Morgan fingerprint density at radius 2 is 1.95 bits per heavy atom. The zero-order chi connectivity index (χ0) is 15.1. The van der Waals surface area contributed by atoms with Gasteiger partial charge in [0.05, 0.1) is 13.1 Å². The van der Waals surface area contributed by atoms with Crippen LogP contribution >= 0.6 is 0 Å². The molecule has 7 heteroatoms. The molecule has 1 aromatic heterocycles. The number of nitrogens with zero attached hydrogens (tertiary/aromatic N) is 2. The second-order valence-corrected chi connectivity index (χ2v) is 4.48. The molecule has 0 unspecified atom stereocenters. The molecule has 0 aliphatic heterocycles. The van der Waals surface area contributed by atoms with Gasteiger partial charge in [-0.25, -0.2) is 5.84 Å². The molecule has 0 saturated carbocycles. The topological polar surface area (TPSA) is 91.8 Å². The average molecular weight is 282 g/mol. The number of hydrogen-bond donors (Lipinski definition) is 2. The van der Waals surface area contributed by atoms with Crippen molar-refractivity contribution in [3.8, 4) is 0 Å². The smallest absolute Gasteiger partial charge is 0.300 e. The third-order valence-electron chi connectivity index (χ3n) is 2.96. The fourth-order valence-electron chi connectivity index (χ4n) is 1.89. The van der Waals surface area contributed by atoms with Crippen LogP contribution in [-0.4, -0.2) is 48.3 Å². The van der Waals surface area contributed by atoms with Crippen LogP contribution < -0.4 is 11.3 Å². The maximum atomic E-state index is 11.9. The summed E-state index contributed by atoms with van der Waals surface area (Å²) in [7, 11) is 1.83. The number of nitrogens with one attached hydrogen (secondary N) is 1. The normalized spacial score (nSPS) is 10.7. The fraction of sp³-hybridized carbons (Fsp3) is 0.538. The van der Waals surface area contributed by atoms with Crippen molar-refractivity contribution in [2.24, 2.45) is 5.84 Å². The van der Waals surface area contributed by atoms with Gasteiger partial charge in [0.25, 0.3) is 0 Å². The lowest BCUT2D eigenvalue weighted by atomic mass is 10.3. The minimum absolute atomic E-state index is 0.0731.